The van der Waals surface area contributed by atoms with E-state index >= 15 is 0 Å². The second-order valence-electron chi connectivity index (χ2n) is 6.50. The monoisotopic (exact) mass is 413 g/mol. The van der Waals surface area contributed by atoms with E-state index in [-0.39, 0.29) is 26.5 Å². The predicted octanol–water partition coefficient (Wildman–Crippen LogP) is 4.14. The lowest BCUT2D eigenvalue weighted by Gasteiger charge is -2.52. The molecule has 6 heteroatoms. The number of ether oxygens (including phenoxy) is 1. The fourth-order valence-corrected chi connectivity index (χ4v) is 6.24. The molecule has 3 nitrogen and oxygen atoms in total. The quantitative estimate of drug-likeness (QED) is 0.420. The number of carbonyl (C=O) groups is 1. The van der Waals surface area contributed by atoms with Gasteiger partial charge >= 0.3 is 5.97 Å². The lowest BCUT2D eigenvalue weighted by molar-refractivity contribution is -0.151. The molecule has 124 valence electrons. The molecule has 2 saturated heterocycles. The number of halogens is 1. The topological polar surface area (TPSA) is 29.5 Å². The van der Waals surface area contributed by atoms with Crippen LogP contribution in [-0.4, -0.2) is 36.3 Å². The first-order chi connectivity index (χ1) is 10.8. The van der Waals surface area contributed by atoms with Crippen LogP contribution in [0.3, 0.4) is 0 Å². The summed E-state index contributed by atoms with van der Waals surface area (Å²) in [6, 6.07) is 9.43. The molecule has 1 aromatic rings. The van der Waals surface area contributed by atoms with Crippen molar-refractivity contribution >= 4 is 50.9 Å². The number of benzene rings is 1. The molecule has 0 N–H and O–H groups in total. The maximum Gasteiger partial charge on any atom is 0.330 e. The van der Waals surface area contributed by atoms with Crippen molar-refractivity contribution in [2.45, 2.75) is 54.3 Å². The van der Waals surface area contributed by atoms with Crippen molar-refractivity contribution in [3.8, 4) is 0 Å². The Morgan fingerprint density at radius 2 is 2.04 bits per heavy atom. The highest BCUT2D eigenvalue weighted by molar-refractivity contribution is 9.10. The summed E-state index contributed by atoms with van der Waals surface area (Å²) in [5, 5.41) is 0.198. The minimum Gasteiger partial charge on any atom is -0.459 e. The molecule has 0 unspecified atom stereocenters. The van der Waals surface area contributed by atoms with Gasteiger partial charge in [-0.25, -0.2) is 4.79 Å². The number of fused-ring (bicyclic) bond motifs is 1. The Kier molecular flexibility index (Phi) is 4.53. The Morgan fingerprint density at radius 1 is 1.39 bits per heavy atom. The molecule has 2 aliphatic heterocycles. The number of rotatable bonds is 4. The molecule has 0 bridgehead atoms. The number of hydrogen-bond acceptors (Lipinski definition) is 4. The minimum atomic E-state index is -0.328. The highest BCUT2D eigenvalue weighted by atomic mass is 79.9. The van der Waals surface area contributed by atoms with E-state index in [1.807, 2.05) is 30.3 Å². The van der Waals surface area contributed by atoms with E-state index in [2.05, 4.69) is 41.6 Å². The van der Waals surface area contributed by atoms with E-state index in [4.69, 9.17) is 17.0 Å². The van der Waals surface area contributed by atoms with Crippen molar-refractivity contribution in [2.75, 3.05) is 0 Å². The summed E-state index contributed by atoms with van der Waals surface area (Å²) in [7, 11) is 0. The van der Waals surface area contributed by atoms with Crippen molar-refractivity contribution < 1.29 is 9.53 Å². The van der Waals surface area contributed by atoms with Gasteiger partial charge in [-0.05, 0) is 25.8 Å². The molecule has 0 aliphatic carbocycles. The highest BCUT2D eigenvalue weighted by Gasteiger charge is 2.67. The molecule has 3 atom stereocenters. The largest absolute Gasteiger partial charge is 0.459 e. The van der Waals surface area contributed by atoms with Gasteiger partial charge in [-0.2, -0.15) is 0 Å². The van der Waals surface area contributed by atoms with Crippen LogP contribution in [0.25, 0.3) is 0 Å². The van der Waals surface area contributed by atoms with E-state index in [1.54, 1.807) is 11.8 Å². The normalized spacial score (nSPS) is 31.5. The van der Waals surface area contributed by atoms with Crippen LogP contribution in [0.5, 0.6) is 0 Å². The van der Waals surface area contributed by atoms with Crippen molar-refractivity contribution in [2.24, 2.45) is 0 Å². The number of nitrogens with zero attached hydrogens (tertiary/aromatic N) is 1. The van der Waals surface area contributed by atoms with E-state index in [0.717, 1.165) is 17.0 Å². The third kappa shape index (κ3) is 2.72. The summed E-state index contributed by atoms with van der Waals surface area (Å²) >= 11 is 11.2. The Balaban J connectivity index is 1.74. The third-order valence-electron chi connectivity index (χ3n) is 4.55. The van der Waals surface area contributed by atoms with Crippen LogP contribution >= 0.6 is 39.9 Å². The average Bonchev–Trinajstić information content (AvgIpc) is 2.82. The van der Waals surface area contributed by atoms with E-state index in [0.29, 0.717) is 6.61 Å². The molecule has 1 aromatic carbocycles. The number of esters is 1. The van der Waals surface area contributed by atoms with Gasteiger partial charge in [0.05, 0.1) is 10.4 Å². The van der Waals surface area contributed by atoms with Gasteiger partial charge in [0.1, 0.15) is 17.0 Å². The fraction of sp³-hybridized carbons (Fsp3) is 0.529. The Hall–Kier alpha value is -0.590. The first-order valence-electron chi connectivity index (χ1n) is 7.71. The molecule has 2 heterocycles. The summed E-state index contributed by atoms with van der Waals surface area (Å²) in [6.07, 6.45) is 0.919. The summed E-state index contributed by atoms with van der Waals surface area (Å²) < 4.78 is 5.18. The minimum absolute atomic E-state index is 0.168. The lowest BCUT2D eigenvalue weighted by atomic mass is 9.90. The summed E-state index contributed by atoms with van der Waals surface area (Å²) in [5.41, 5.74) is 0.996. The number of carbonyl (C=O) groups excluding carboxylic acids is 1. The molecule has 0 amide bonds. The van der Waals surface area contributed by atoms with Crippen LogP contribution in [0.4, 0.5) is 0 Å². The zero-order chi connectivity index (χ0) is 16.8. The van der Waals surface area contributed by atoms with Crippen LogP contribution in [-0.2, 0) is 16.1 Å². The maximum absolute atomic E-state index is 12.7. The van der Waals surface area contributed by atoms with Crippen LogP contribution in [0.2, 0.25) is 0 Å². The summed E-state index contributed by atoms with van der Waals surface area (Å²) in [6.45, 7) is 6.61. The van der Waals surface area contributed by atoms with Crippen molar-refractivity contribution in [3.05, 3.63) is 35.9 Å². The van der Waals surface area contributed by atoms with Crippen molar-refractivity contribution in [1.29, 1.82) is 0 Å². The lowest BCUT2D eigenvalue weighted by Crippen LogP contribution is -2.69. The third-order valence-corrected chi connectivity index (χ3v) is 8.74. The number of hydrogen-bond donors (Lipinski definition) is 0. The highest BCUT2D eigenvalue weighted by Crippen LogP contribution is 2.59. The van der Waals surface area contributed by atoms with Crippen LogP contribution in [0.15, 0.2) is 30.3 Å². The molecule has 23 heavy (non-hydrogen) atoms. The van der Waals surface area contributed by atoms with Crippen molar-refractivity contribution in [1.82, 2.24) is 4.90 Å². The van der Waals surface area contributed by atoms with E-state index in [1.165, 1.54) is 0 Å². The average molecular weight is 414 g/mol. The van der Waals surface area contributed by atoms with Crippen LogP contribution in [0, 0.1) is 0 Å². The van der Waals surface area contributed by atoms with Gasteiger partial charge in [0.15, 0.2) is 0 Å². The molecule has 3 rings (SSSR count). The molecule has 0 aromatic heterocycles. The number of alkyl halides is 1. The second kappa shape index (κ2) is 6.05. The first-order valence-corrected chi connectivity index (χ1v) is 9.79. The van der Waals surface area contributed by atoms with E-state index < -0.39 is 0 Å². The van der Waals surface area contributed by atoms with Gasteiger partial charge in [-0.1, -0.05) is 65.4 Å². The van der Waals surface area contributed by atoms with Gasteiger partial charge in [0.2, 0.25) is 0 Å². The van der Waals surface area contributed by atoms with Crippen LogP contribution < -0.4 is 0 Å². The zero-order valence-electron chi connectivity index (χ0n) is 13.4. The Morgan fingerprint density at radius 3 is 2.65 bits per heavy atom. The number of thiocarbonyl (C=S) groups is 1. The molecular weight excluding hydrogens is 394 g/mol. The fourth-order valence-electron chi connectivity index (χ4n) is 3.20. The summed E-state index contributed by atoms with van der Waals surface area (Å²) in [4.78, 5) is 15.6. The molecule has 0 saturated carbocycles. The SMILES string of the molecule is CC[C@]1(Br)C(=S)N2[C@@H](C(=O)OCc3ccccc3)C(C)(C)S[C@@H]21. The summed E-state index contributed by atoms with van der Waals surface area (Å²) in [5.74, 6) is -0.193. The van der Waals surface area contributed by atoms with E-state index in [9.17, 15) is 4.79 Å². The Bertz CT molecular complexity index is 637. The van der Waals surface area contributed by atoms with Gasteiger partial charge in [-0.3, -0.25) is 0 Å². The molecular formula is C17H20BrNO2S2. The van der Waals surface area contributed by atoms with Gasteiger partial charge in [0.25, 0.3) is 0 Å². The predicted molar refractivity (Wildman–Crippen MR) is 102 cm³/mol. The van der Waals surface area contributed by atoms with Crippen LogP contribution in [0.1, 0.15) is 32.8 Å². The molecule has 2 fully saturated rings. The number of thioether (sulfide) groups is 1. The zero-order valence-corrected chi connectivity index (χ0v) is 16.6. The Labute approximate surface area is 155 Å². The first kappa shape index (κ1) is 17.2. The standard InChI is InChI=1S/C17H20BrNO2S2/c1-4-17(18)14(22)19-12(16(2,3)23-15(17)19)13(20)21-10-11-8-6-5-7-9-11/h5-9,12,15H,4,10H2,1-3H3/t12-,15+,17-/m0/s1. The smallest absolute Gasteiger partial charge is 0.330 e. The molecule has 2 aliphatic rings. The second-order valence-corrected chi connectivity index (χ2v) is 10.0. The molecule has 0 radical (unpaired) electrons. The molecule has 0 spiro atoms. The van der Waals surface area contributed by atoms with Gasteiger partial charge in [-0.15, -0.1) is 11.8 Å². The van der Waals surface area contributed by atoms with Gasteiger partial charge < -0.3 is 9.64 Å². The van der Waals surface area contributed by atoms with Crippen molar-refractivity contribution in [3.63, 3.8) is 0 Å². The maximum atomic E-state index is 12.7. The van der Waals surface area contributed by atoms with Gasteiger partial charge in [0, 0.05) is 4.75 Å².